The standard InChI is InChI=1S/C15H26O5Si/c1-11(2)14(16)20-10-13-9-15(7-6-12(13)8-15)21(17-3,18-4)19-5/h12-13H,1,6-10H2,2-5H3. The molecule has 3 atom stereocenters. The smallest absolute Gasteiger partial charge is 0.462 e. The van der Waals surface area contributed by atoms with E-state index in [1.54, 1.807) is 28.3 Å². The molecule has 2 aliphatic rings. The van der Waals surface area contributed by atoms with Gasteiger partial charge in [0.1, 0.15) is 0 Å². The van der Waals surface area contributed by atoms with E-state index in [1.165, 1.54) is 0 Å². The molecular formula is C15H26O5Si. The molecule has 0 saturated heterocycles. The Hall–Kier alpha value is -0.693. The monoisotopic (exact) mass is 314 g/mol. The third-order valence-electron chi connectivity index (χ3n) is 5.20. The van der Waals surface area contributed by atoms with E-state index in [2.05, 4.69) is 6.58 Å². The molecule has 0 aliphatic heterocycles. The number of hydrogen-bond acceptors (Lipinski definition) is 5. The molecule has 0 aromatic rings. The first-order valence-electron chi connectivity index (χ1n) is 7.41. The summed E-state index contributed by atoms with van der Waals surface area (Å²) in [5.74, 6) is 0.630. The molecule has 2 bridgehead atoms. The highest BCUT2D eigenvalue weighted by atomic mass is 28.4. The zero-order valence-electron chi connectivity index (χ0n) is 13.4. The summed E-state index contributed by atoms with van der Waals surface area (Å²) in [6.07, 6.45) is 4.19. The van der Waals surface area contributed by atoms with Gasteiger partial charge in [0.15, 0.2) is 0 Å². The molecule has 0 aromatic heterocycles. The largest absolute Gasteiger partial charge is 0.506 e. The van der Waals surface area contributed by atoms with Crippen LogP contribution in [0.5, 0.6) is 0 Å². The van der Waals surface area contributed by atoms with Crippen molar-refractivity contribution in [1.82, 2.24) is 0 Å². The minimum Gasteiger partial charge on any atom is -0.462 e. The first-order chi connectivity index (χ1) is 9.93. The van der Waals surface area contributed by atoms with Crippen LogP contribution in [0.3, 0.4) is 0 Å². The Bertz CT molecular complexity index is 412. The lowest BCUT2D eigenvalue weighted by Gasteiger charge is -2.40. The topological polar surface area (TPSA) is 54.0 Å². The van der Waals surface area contributed by atoms with E-state index in [0.717, 1.165) is 25.7 Å². The number of esters is 1. The van der Waals surface area contributed by atoms with E-state index < -0.39 is 8.80 Å². The highest BCUT2D eigenvalue weighted by Gasteiger charge is 2.67. The van der Waals surface area contributed by atoms with Crippen molar-refractivity contribution in [2.24, 2.45) is 11.8 Å². The molecule has 21 heavy (non-hydrogen) atoms. The molecule has 2 aliphatic carbocycles. The van der Waals surface area contributed by atoms with Gasteiger partial charge in [0.05, 0.1) is 6.61 Å². The van der Waals surface area contributed by atoms with Crippen LogP contribution in [-0.2, 0) is 22.8 Å². The van der Waals surface area contributed by atoms with Crippen LogP contribution in [0.25, 0.3) is 0 Å². The predicted octanol–water partition coefficient (Wildman–Crippen LogP) is 2.54. The lowest BCUT2D eigenvalue weighted by molar-refractivity contribution is -0.140. The number of hydrogen-bond donors (Lipinski definition) is 0. The van der Waals surface area contributed by atoms with Crippen molar-refractivity contribution in [3.05, 3.63) is 12.2 Å². The van der Waals surface area contributed by atoms with Gasteiger partial charge in [-0.1, -0.05) is 6.58 Å². The molecular weight excluding hydrogens is 288 g/mol. The zero-order chi connectivity index (χ0) is 15.7. The van der Waals surface area contributed by atoms with Crippen LogP contribution in [0, 0.1) is 11.8 Å². The van der Waals surface area contributed by atoms with E-state index in [4.69, 9.17) is 18.0 Å². The zero-order valence-corrected chi connectivity index (χ0v) is 14.4. The quantitative estimate of drug-likeness (QED) is 0.411. The summed E-state index contributed by atoms with van der Waals surface area (Å²) in [4.78, 5) is 11.6. The molecule has 2 fully saturated rings. The molecule has 0 spiro atoms. The van der Waals surface area contributed by atoms with Crippen molar-refractivity contribution in [2.45, 2.75) is 37.6 Å². The number of fused-ring (bicyclic) bond motifs is 2. The fourth-order valence-corrected chi connectivity index (χ4v) is 7.50. The SMILES string of the molecule is C=C(C)C(=O)OCC1CC2([Si](OC)(OC)OC)CCC1C2. The molecule has 2 saturated carbocycles. The van der Waals surface area contributed by atoms with E-state index in [-0.39, 0.29) is 11.0 Å². The summed E-state index contributed by atoms with van der Waals surface area (Å²) in [6, 6.07) is 0. The van der Waals surface area contributed by atoms with Crippen molar-refractivity contribution in [3.63, 3.8) is 0 Å². The second-order valence-electron chi connectivity index (χ2n) is 6.29. The maximum atomic E-state index is 11.6. The molecule has 120 valence electrons. The second-order valence-corrected chi connectivity index (χ2v) is 9.69. The average molecular weight is 314 g/mol. The minimum absolute atomic E-state index is 0.0176. The molecule has 0 radical (unpaired) electrons. The van der Waals surface area contributed by atoms with E-state index in [1.807, 2.05) is 0 Å². The number of carbonyl (C=O) groups is 1. The Balaban J connectivity index is 2.06. The van der Waals surface area contributed by atoms with Gasteiger partial charge < -0.3 is 18.0 Å². The Labute approximate surface area is 128 Å². The predicted molar refractivity (Wildman–Crippen MR) is 80.7 cm³/mol. The van der Waals surface area contributed by atoms with Gasteiger partial charge in [-0.3, -0.25) is 0 Å². The summed E-state index contributed by atoms with van der Waals surface area (Å²) in [5, 5.41) is -0.0176. The van der Waals surface area contributed by atoms with Crippen LogP contribution in [0.2, 0.25) is 5.04 Å². The molecule has 3 unspecified atom stereocenters. The van der Waals surface area contributed by atoms with Gasteiger partial charge in [0, 0.05) is 31.9 Å². The third kappa shape index (κ3) is 2.70. The second kappa shape index (κ2) is 6.20. The molecule has 0 N–H and O–H groups in total. The van der Waals surface area contributed by atoms with Crippen LogP contribution in [0.4, 0.5) is 0 Å². The molecule has 0 heterocycles. The Morgan fingerprint density at radius 2 is 1.86 bits per heavy atom. The van der Waals surface area contributed by atoms with Crippen LogP contribution in [-0.4, -0.2) is 42.7 Å². The lowest BCUT2D eigenvalue weighted by atomic mass is 9.89. The highest BCUT2D eigenvalue weighted by molar-refractivity contribution is 6.64. The Morgan fingerprint density at radius 3 is 2.38 bits per heavy atom. The first kappa shape index (κ1) is 16.7. The van der Waals surface area contributed by atoms with Crippen LogP contribution < -0.4 is 0 Å². The maximum absolute atomic E-state index is 11.6. The van der Waals surface area contributed by atoms with Crippen LogP contribution in [0.1, 0.15) is 32.6 Å². The van der Waals surface area contributed by atoms with Crippen LogP contribution in [0.15, 0.2) is 12.2 Å². The molecule has 6 heteroatoms. The van der Waals surface area contributed by atoms with Gasteiger partial charge in [-0.25, -0.2) is 4.79 Å². The third-order valence-corrected chi connectivity index (χ3v) is 8.77. The fourth-order valence-electron chi connectivity index (χ4n) is 4.23. The van der Waals surface area contributed by atoms with Gasteiger partial charge in [0.25, 0.3) is 0 Å². The first-order valence-corrected chi connectivity index (χ1v) is 9.14. The van der Waals surface area contributed by atoms with E-state index >= 15 is 0 Å². The summed E-state index contributed by atoms with van der Waals surface area (Å²) in [6.45, 7) is 5.74. The Morgan fingerprint density at radius 1 is 1.24 bits per heavy atom. The van der Waals surface area contributed by atoms with Gasteiger partial charge in [-0.2, -0.15) is 0 Å². The van der Waals surface area contributed by atoms with Crippen molar-refractivity contribution >= 4 is 14.8 Å². The van der Waals surface area contributed by atoms with Crippen molar-refractivity contribution < 1.29 is 22.8 Å². The summed E-state index contributed by atoms with van der Waals surface area (Å²) in [5.41, 5.74) is 0.447. The molecule has 0 aromatic carbocycles. The van der Waals surface area contributed by atoms with Gasteiger partial charge in [-0.15, -0.1) is 0 Å². The number of rotatable bonds is 7. The van der Waals surface area contributed by atoms with E-state index in [9.17, 15) is 4.79 Å². The normalized spacial score (nSPS) is 31.4. The van der Waals surface area contributed by atoms with E-state index in [0.29, 0.717) is 24.0 Å². The van der Waals surface area contributed by atoms with Gasteiger partial charge in [0.2, 0.25) is 0 Å². The fraction of sp³-hybridized carbons (Fsp3) is 0.800. The minimum atomic E-state index is -2.67. The summed E-state index contributed by atoms with van der Waals surface area (Å²) in [7, 11) is 2.36. The Kier molecular flexibility index (Phi) is 4.92. The molecule has 0 amide bonds. The van der Waals surface area contributed by atoms with Crippen molar-refractivity contribution in [3.8, 4) is 0 Å². The van der Waals surface area contributed by atoms with Crippen molar-refractivity contribution in [1.29, 1.82) is 0 Å². The van der Waals surface area contributed by atoms with Crippen molar-refractivity contribution in [2.75, 3.05) is 27.9 Å². The number of carbonyl (C=O) groups excluding carboxylic acids is 1. The lowest BCUT2D eigenvalue weighted by Crippen LogP contribution is -2.53. The molecule has 5 nitrogen and oxygen atoms in total. The van der Waals surface area contributed by atoms with Crippen LogP contribution >= 0.6 is 0 Å². The van der Waals surface area contributed by atoms with Gasteiger partial charge in [-0.05, 0) is 44.4 Å². The highest BCUT2D eigenvalue weighted by Crippen LogP contribution is 2.66. The average Bonchev–Trinajstić information content (AvgIpc) is 3.06. The van der Waals surface area contributed by atoms with Gasteiger partial charge >= 0.3 is 14.8 Å². The summed E-state index contributed by atoms with van der Waals surface area (Å²) >= 11 is 0. The summed E-state index contributed by atoms with van der Waals surface area (Å²) < 4.78 is 22.5. The molecule has 2 rings (SSSR count). The number of ether oxygens (including phenoxy) is 1. The maximum Gasteiger partial charge on any atom is 0.506 e.